The summed E-state index contributed by atoms with van der Waals surface area (Å²) in [5, 5.41) is 2.84. The van der Waals surface area contributed by atoms with Gasteiger partial charge in [0, 0.05) is 50.3 Å². The number of aryl methyl sites for hydroxylation is 1. The van der Waals surface area contributed by atoms with E-state index in [0.717, 1.165) is 19.4 Å². The van der Waals surface area contributed by atoms with Crippen LogP contribution in [-0.4, -0.2) is 41.0 Å². The monoisotopic (exact) mass is 357 g/mol. The van der Waals surface area contributed by atoms with Crippen LogP contribution in [0.2, 0.25) is 0 Å². The van der Waals surface area contributed by atoms with Crippen LogP contribution in [0, 0.1) is 0 Å². The van der Waals surface area contributed by atoms with E-state index in [-0.39, 0.29) is 24.5 Å². The topological polar surface area (TPSA) is 82.5 Å². The van der Waals surface area contributed by atoms with Gasteiger partial charge in [0.2, 0.25) is 5.91 Å². The van der Waals surface area contributed by atoms with Crippen molar-refractivity contribution in [1.82, 2.24) is 14.9 Å². The standard InChI is InChI=1S/C19H23N3O4/c23-16(15-3-5-17-18(13-15)26-12-2-11-25-17)4-6-19(24)21-7-1-9-22-10-8-20-14-22/h3,5,8,10,13-14H,1-2,4,6-7,9,11-12H2,(H,21,24). The molecule has 7 nitrogen and oxygen atoms in total. The highest BCUT2D eigenvalue weighted by Gasteiger charge is 2.15. The lowest BCUT2D eigenvalue weighted by Gasteiger charge is -2.09. The van der Waals surface area contributed by atoms with Gasteiger partial charge in [0.15, 0.2) is 17.3 Å². The number of hydrogen-bond acceptors (Lipinski definition) is 5. The van der Waals surface area contributed by atoms with Gasteiger partial charge < -0.3 is 19.4 Å². The smallest absolute Gasteiger partial charge is 0.220 e. The molecule has 0 aliphatic carbocycles. The summed E-state index contributed by atoms with van der Waals surface area (Å²) >= 11 is 0. The zero-order valence-corrected chi connectivity index (χ0v) is 14.6. The summed E-state index contributed by atoms with van der Waals surface area (Å²) in [5.74, 6) is 1.07. The molecule has 0 fully saturated rings. The minimum Gasteiger partial charge on any atom is -0.490 e. The first-order chi connectivity index (χ1) is 12.7. The van der Waals surface area contributed by atoms with Gasteiger partial charge in [0.1, 0.15) is 0 Å². The fourth-order valence-electron chi connectivity index (χ4n) is 2.70. The van der Waals surface area contributed by atoms with Crippen LogP contribution in [0.5, 0.6) is 11.5 Å². The van der Waals surface area contributed by atoms with Crippen LogP contribution in [0.15, 0.2) is 36.9 Å². The van der Waals surface area contributed by atoms with Crippen LogP contribution < -0.4 is 14.8 Å². The molecule has 0 atom stereocenters. The number of hydrogen-bond donors (Lipinski definition) is 1. The first kappa shape index (κ1) is 18.0. The molecule has 1 aromatic carbocycles. The Morgan fingerprint density at radius 2 is 2.00 bits per heavy atom. The van der Waals surface area contributed by atoms with E-state index < -0.39 is 0 Å². The van der Waals surface area contributed by atoms with E-state index in [0.29, 0.717) is 36.8 Å². The Hall–Kier alpha value is -2.83. The minimum absolute atomic E-state index is 0.0748. The highest BCUT2D eigenvalue weighted by molar-refractivity contribution is 5.98. The Kier molecular flexibility index (Phi) is 6.24. The van der Waals surface area contributed by atoms with Gasteiger partial charge in [-0.05, 0) is 24.6 Å². The number of ketones is 1. The fraction of sp³-hybridized carbons (Fsp3) is 0.421. The number of fused-ring (bicyclic) bond motifs is 1. The molecule has 0 saturated carbocycles. The predicted molar refractivity (Wildman–Crippen MR) is 95.5 cm³/mol. The summed E-state index contributed by atoms with van der Waals surface area (Å²) in [5.41, 5.74) is 0.544. The number of amides is 1. The molecular formula is C19H23N3O4. The quantitative estimate of drug-likeness (QED) is 0.579. The van der Waals surface area contributed by atoms with Crippen molar-refractivity contribution in [2.24, 2.45) is 0 Å². The molecule has 26 heavy (non-hydrogen) atoms. The van der Waals surface area contributed by atoms with Gasteiger partial charge in [-0.2, -0.15) is 0 Å². The molecule has 3 rings (SSSR count). The normalized spacial score (nSPS) is 13.1. The van der Waals surface area contributed by atoms with Gasteiger partial charge >= 0.3 is 0 Å². The molecule has 2 heterocycles. The zero-order valence-electron chi connectivity index (χ0n) is 14.6. The molecule has 0 spiro atoms. The lowest BCUT2D eigenvalue weighted by atomic mass is 10.1. The van der Waals surface area contributed by atoms with E-state index in [1.165, 1.54) is 0 Å². The van der Waals surface area contributed by atoms with E-state index in [9.17, 15) is 9.59 Å². The average molecular weight is 357 g/mol. The van der Waals surface area contributed by atoms with Gasteiger partial charge in [0.05, 0.1) is 19.5 Å². The predicted octanol–water partition coefficient (Wildman–Crippen LogP) is 2.21. The summed E-state index contributed by atoms with van der Waals surface area (Å²) < 4.78 is 13.1. The van der Waals surface area contributed by atoms with E-state index in [1.54, 1.807) is 30.7 Å². The van der Waals surface area contributed by atoms with E-state index in [4.69, 9.17) is 9.47 Å². The molecule has 1 aliphatic rings. The number of carbonyl (C=O) groups is 2. The van der Waals surface area contributed by atoms with Gasteiger partial charge in [0.25, 0.3) is 0 Å². The van der Waals surface area contributed by atoms with Crippen molar-refractivity contribution in [3.63, 3.8) is 0 Å². The molecule has 138 valence electrons. The second-order valence-corrected chi connectivity index (χ2v) is 6.14. The van der Waals surface area contributed by atoms with Crippen LogP contribution in [-0.2, 0) is 11.3 Å². The summed E-state index contributed by atoms with van der Waals surface area (Å²) in [6.45, 7) is 2.57. The fourth-order valence-corrected chi connectivity index (χ4v) is 2.70. The summed E-state index contributed by atoms with van der Waals surface area (Å²) in [7, 11) is 0. The molecular weight excluding hydrogens is 334 g/mol. The van der Waals surface area contributed by atoms with Crippen molar-refractivity contribution in [2.75, 3.05) is 19.8 Å². The summed E-state index contributed by atoms with van der Waals surface area (Å²) in [6.07, 6.45) is 7.35. The molecule has 7 heteroatoms. The number of benzene rings is 1. The Labute approximate surface area is 152 Å². The number of rotatable bonds is 8. The van der Waals surface area contributed by atoms with Crippen molar-refractivity contribution in [1.29, 1.82) is 0 Å². The van der Waals surface area contributed by atoms with Crippen LogP contribution in [0.3, 0.4) is 0 Å². The third-order valence-electron chi connectivity index (χ3n) is 4.12. The van der Waals surface area contributed by atoms with Crippen molar-refractivity contribution >= 4 is 11.7 Å². The number of nitrogens with zero attached hydrogens (tertiary/aromatic N) is 2. The van der Waals surface area contributed by atoms with Crippen LogP contribution >= 0.6 is 0 Å². The van der Waals surface area contributed by atoms with Gasteiger partial charge in [-0.3, -0.25) is 9.59 Å². The lowest BCUT2D eigenvalue weighted by molar-refractivity contribution is -0.121. The maximum atomic E-state index is 12.3. The van der Waals surface area contributed by atoms with Crippen LogP contribution in [0.1, 0.15) is 36.0 Å². The van der Waals surface area contributed by atoms with Gasteiger partial charge in [-0.25, -0.2) is 4.98 Å². The first-order valence-electron chi connectivity index (χ1n) is 8.87. The number of imidazole rings is 1. The molecule has 1 aromatic heterocycles. The van der Waals surface area contributed by atoms with E-state index >= 15 is 0 Å². The lowest BCUT2D eigenvalue weighted by Crippen LogP contribution is -2.25. The zero-order chi connectivity index (χ0) is 18.2. The van der Waals surface area contributed by atoms with Crippen molar-refractivity contribution in [3.8, 4) is 11.5 Å². The third kappa shape index (κ3) is 5.08. The number of nitrogens with one attached hydrogen (secondary N) is 1. The van der Waals surface area contributed by atoms with E-state index in [2.05, 4.69) is 10.3 Å². The Balaban J connectivity index is 1.40. The molecule has 0 saturated heterocycles. The molecule has 2 aromatic rings. The number of Topliss-reactive ketones (excluding diaryl/α,β-unsaturated/α-hetero) is 1. The second-order valence-electron chi connectivity index (χ2n) is 6.14. The molecule has 0 radical (unpaired) electrons. The Morgan fingerprint density at radius 1 is 1.15 bits per heavy atom. The molecule has 1 amide bonds. The van der Waals surface area contributed by atoms with Crippen LogP contribution in [0.25, 0.3) is 0 Å². The second kappa shape index (κ2) is 9.03. The molecule has 0 bridgehead atoms. The van der Waals surface area contributed by atoms with E-state index in [1.807, 2.05) is 10.8 Å². The Morgan fingerprint density at radius 3 is 2.81 bits per heavy atom. The largest absolute Gasteiger partial charge is 0.490 e. The van der Waals surface area contributed by atoms with Crippen LogP contribution in [0.4, 0.5) is 0 Å². The SMILES string of the molecule is O=C(CCC(=O)c1ccc2c(c1)OCCCO2)NCCCn1ccnc1. The minimum atomic E-state index is -0.113. The molecule has 1 N–H and O–H groups in total. The maximum Gasteiger partial charge on any atom is 0.220 e. The maximum absolute atomic E-state index is 12.3. The average Bonchev–Trinajstić information content (AvgIpc) is 3.06. The van der Waals surface area contributed by atoms with Gasteiger partial charge in [-0.15, -0.1) is 0 Å². The Bertz CT molecular complexity index is 743. The number of aromatic nitrogens is 2. The van der Waals surface area contributed by atoms with Crippen molar-refractivity contribution in [2.45, 2.75) is 32.2 Å². The first-order valence-corrected chi connectivity index (χ1v) is 8.87. The summed E-state index contributed by atoms with van der Waals surface area (Å²) in [6, 6.07) is 5.18. The highest BCUT2D eigenvalue weighted by atomic mass is 16.5. The number of ether oxygens (including phenoxy) is 2. The molecule has 1 aliphatic heterocycles. The van der Waals surface area contributed by atoms with Crippen molar-refractivity contribution in [3.05, 3.63) is 42.5 Å². The van der Waals surface area contributed by atoms with Gasteiger partial charge in [-0.1, -0.05) is 0 Å². The van der Waals surface area contributed by atoms with Crippen molar-refractivity contribution < 1.29 is 19.1 Å². The highest BCUT2D eigenvalue weighted by Crippen LogP contribution is 2.30. The molecule has 0 unspecified atom stereocenters. The summed E-state index contributed by atoms with van der Waals surface area (Å²) in [4.78, 5) is 28.2. The number of carbonyl (C=O) groups excluding carboxylic acids is 2. The third-order valence-corrected chi connectivity index (χ3v) is 4.12.